The number of amides is 2. The van der Waals surface area contributed by atoms with Gasteiger partial charge in [-0.3, -0.25) is 9.59 Å². The van der Waals surface area contributed by atoms with Crippen LogP contribution in [0.5, 0.6) is 0 Å². The fourth-order valence-electron chi connectivity index (χ4n) is 3.35. The Bertz CT molecular complexity index is 797. The minimum absolute atomic E-state index is 0.0386. The van der Waals surface area contributed by atoms with Gasteiger partial charge in [-0.05, 0) is 24.7 Å². The van der Waals surface area contributed by atoms with E-state index in [-0.39, 0.29) is 30.8 Å². The Morgan fingerprint density at radius 1 is 1.07 bits per heavy atom. The summed E-state index contributed by atoms with van der Waals surface area (Å²) >= 11 is 6.04. The van der Waals surface area contributed by atoms with Crippen molar-refractivity contribution in [2.24, 2.45) is 0 Å². The van der Waals surface area contributed by atoms with Crippen LogP contribution in [0.1, 0.15) is 28.4 Å². The zero-order chi connectivity index (χ0) is 19.2. The topological polar surface area (TPSA) is 52.6 Å². The van der Waals surface area contributed by atoms with Crippen LogP contribution in [0.4, 0.5) is 0 Å². The van der Waals surface area contributed by atoms with Gasteiger partial charge in [0, 0.05) is 32.6 Å². The van der Waals surface area contributed by atoms with E-state index in [0.717, 1.165) is 18.7 Å². The third-order valence-electron chi connectivity index (χ3n) is 4.83. The van der Waals surface area contributed by atoms with Crippen LogP contribution in [0.2, 0.25) is 5.02 Å². The number of nitrogens with zero attached hydrogens (tertiary/aromatic N) is 2. The van der Waals surface area contributed by atoms with Crippen molar-refractivity contribution in [3.8, 4) is 0 Å². The molecule has 6 heteroatoms. The van der Waals surface area contributed by atoms with Crippen molar-refractivity contribution in [2.45, 2.75) is 12.5 Å². The number of hydrogen-bond acceptors (Lipinski definition) is 3. The maximum Gasteiger partial charge on any atom is 0.252 e. The number of halogens is 1. The molecule has 1 fully saturated rings. The molecule has 1 saturated heterocycles. The molecule has 142 valence electrons. The smallest absolute Gasteiger partial charge is 0.252 e. The number of likely N-dealkylation sites (N-methyl/N-ethyl adjacent to an activating group) is 1. The lowest BCUT2D eigenvalue weighted by atomic mass is 10.0. The molecule has 1 N–H and O–H groups in total. The molecule has 1 unspecified atom stereocenters. The highest BCUT2D eigenvalue weighted by molar-refractivity contribution is 6.33. The Labute approximate surface area is 164 Å². The van der Waals surface area contributed by atoms with Crippen LogP contribution in [-0.4, -0.2) is 54.8 Å². The number of carbonyl (C=O) groups is 2. The average molecular weight is 386 g/mol. The van der Waals surface area contributed by atoms with Gasteiger partial charge in [0.1, 0.15) is 0 Å². The molecule has 2 aromatic carbocycles. The van der Waals surface area contributed by atoms with Gasteiger partial charge in [-0.1, -0.05) is 54.1 Å². The van der Waals surface area contributed by atoms with E-state index in [1.165, 1.54) is 0 Å². The lowest BCUT2D eigenvalue weighted by Crippen LogP contribution is -2.49. The number of rotatable bonds is 5. The van der Waals surface area contributed by atoms with E-state index in [9.17, 15) is 9.59 Å². The maximum atomic E-state index is 12.8. The summed E-state index contributed by atoms with van der Waals surface area (Å²) in [6.07, 6.45) is 0.267. The molecule has 2 aromatic rings. The highest BCUT2D eigenvalue weighted by atomic mass is 35.5. The molecule has 1 heterocycles. The second kappa shape index (κ2) is 9.02. The molecule has 0 spiro atoms. The minimum atomic E-state index is -0.258. The average Bonchev–Trinajstić information content (AvgIpc) is 2.68. The van der Waals surface area contributed by atoms with Crippen molar-refractivity contribution >= 4 is 23.4 Å². The molecule has 1 aliphatic rings. The summed E-state index contributed by atoms with van der Waals surface area (Å²) < 4.78 is 0. The third-order valence-corrected chi connectivity index (χ3v) is 5.16. The van der Waals surface area contributed by atoms with E-state index in [1.807, 2.05) is 23.1 Å². The molecule has 27 heavy (non-hydrogen) atoms. The zero-order valence-corrected chi connectivity index (χ0v) is 16.2. The van der Waals surface area contributed by atoms with E-state index >= 15 is 0 Å². The van der Waals surface area contributed by atoms with Crippen LogP contribution in [0.3, 0.4) is 0 Å². The fourth-order valence-corrected chi connectivity index (χ4v) is 3.57. The molecular formula is C21H24ClN3O2. The van der Waals surface area contributed by atoms with Gasteiger partial charge in [-0.2, -0.15) is 0 Å². The van der Waals surface area contributed by atoms with Crippen LogP contribution < -0.4 is 5.32 Å². The van der Waals surface area contributed by atoms with Gasteiger partial charge in [0.05, 0.1) is 16.6 Å². The monoisotopic (exact) mass is 385 g/mol. The first-order chi connectivity index (χ1) is 13.1. The number of hydrogen-bond donors (Lipinski definition) is 1. The van der Waals surface area contributed by atoms with Crippen molar-refractivity contribution in [2.75, 3.05) is 33.2 Å². The first kappa shape index (κ1) is 19.4. The zero-order valence-electron chi connectivity index (χ0n) is 15.4. The van der Waals surface area contributed by atoms with E-state index < -0.39 is 0 Å². The van der Waals surface area contributed by atoms with Crippen molar-refractivity contribution in [1.82, 2.24) is 15.1 Å². The predicted octanol–water partition coefficient (Wildman–Crippen LogP) is 2.98. The largest absolute Gasteiger partial charge is 0.351 e. The van der Waals surface area contributed by atoms with Crippen molar-refractivity contribution in [3.63, 3.8) is 0 Å². The van der Waals surface area contributed by atoms with Crippen LogP contribution in [0, 0.1) is 0 Å². The summed E-state index contributed by atoms with van der Waals surface area (Å²) in [6.45, 7) is 2.63. The Kier molecular flexibility index (Phi) is 6.48. The van der Waals surface area contributed by atoms with E-state index in [4.69, 9.17) is 11.6 Å². The Hall–Kier alpha value is -2.37. The third kappa shape index (κ3) is 4.87. The van der Waals surface area contributed by atoms with E-state index in [1.54, 1.807) is 24.3 Å². The number of benzene rings is 2. The van der Waals surface area contributed by atoms with Gasteiger partial charge in [0.25, 0.3) is 5.91 Å². The quantitative estimate of drug-likeness (QED) is 0.860. The summed E-state index contributed by atoms with van der Waals surface area (Å²) in [5, 5.41) is 3.20. The highest BCUT2D eigenvalue weighted by Gasteiger charge is 2.29. The van der Waals surface area contributed by atoms with E-state index in [0.29, 0.717) is 17.1 Å². The summed E-state index contributed by atoms with van der Waals surface area (Å²) in [4.78, 5) is 29.2. The van der Waals surface area contributed by atoms with Crippen LogP contribution >= 0.6 is 11.6 Å². The summed E-state index contributed by atoms with van der Waals surface area (Å²) in [7, 11) is 2.07. The molecule has 0 bridgehead atoms. The normalized spacial score (nSPS) is 17.6. The van der Waals surface area contributed by atoms with Gasteiger partial charge >= 0.3 is 0 Å². The highest BCUT2D eigenvalue weighted by Crippen LogP contribution is 2.25. The molecule has 5 nitrogen and oxygen atoms in total. The molecule has 1 aliphatic heterocycles. The van der Waals surface area contributed by atoms with Crippen LogP contribution in [0.15, 0.2) is 54.6 Å². The number of carbonyl (C=O) groups excluding carboxylic acids is 2. The maximum absolute atomic E-state index is 12.8. The lowest BCUT2D eigenvalue weighted by molar-refractivity contribution is -0.136. The predicted molar refractivity (Wildman–Crippen MR) is 107 cm³/mol. The van der Waals surface area contributed by atoms with E-state index in [2.05, 4.69) is 29.4 Å². The molecule has 0 saturated carbocycles. The van der Waals surface area contributed by atoms with Gasteiger partial charge < -0.3 is 15.1 Å². The lowest BCUT2D eigenvalue weighted by Gasteiger charge is -2.40. The van der Waals surface area contributed by atoms with Crippen molar-refractivity contribution < 1.29 is 9.59 Å². The first-order valence-electron chi connectivity index (χ1n) is 9.12. The molecule has 3 rings (SSSR count). The van der Waals surface area contributed by atoms with Gasteiger partial charge in [0.15, 0.2) is 0 Å². The van der Waals surface area contributed by atoms with Crippen LogP contribution in [-0.2, 0) is 4.79 Å². The van der Waals surface area contributed by atoms with Gasteiger partial charge in [-0.15, -0.1) is 0 Å². The summed E-state index contributed by atoms with van der Waals surface area (Å²) in [5.41, 5.74) is 1.56. The molecule has 0 aliphatic carbocycles. The Balaban J connectivity index is 1.59. The molecule has 0 aromatic heterocycles. The standard InChI is InChI=1S/C21H24ClN3O2/c1-24-13-14-25(19(15-24)16-7-3-2-4-8-16)20(26)11-12-23-21(27)17-9-5-6-10-18(17)22/h2-10,19H,11-15H2,1H3,(H,23,27). The second-order valence-electron chi connectivity index (χ2n) is 6.76. The number of nitrogens with one attached hydrogen (secondary N) is 1. The Morgan fingerprint density at radius 2 is 1.78 bits per heavy atom. The molecule has 0 radical (unpaired) electrons. The van der Waals surface area contributed by atoms with Crippen LogP contribution in [0.25, 0.3) is 0 Å². The van der Waals surface area contributed by atoms with Gasteiger partial charge in [-0.25, -0.2) is 0 Å². The molecule has 1 atom stereocenters. The second-order valence-corrected chi connectivity index (χ2v) is 7.17. The minimum Gasteiger partial charge on any atom is -0.351 e. The molecular weight excluding hydrogens is 362 g/mol. The van der Waals surface area contributed by atoms with Crippen molar-refractivity contribution in [1.29, 1.82) is 0 Å². The first-order valence-corrected chi connectivity index (χ1v) is 9.49. The Morgan fingerprint density at radius 3 is 2.52 bits per heavy atom. The van der Waals surface area contributed by atoms with Gasteiger partial charge in [0.2, 0.25) is 5.91 Å². The van der Waals surface area contributed by atoms with Crippen molar-refractivity contribution in [3.05, 3.63) is 70.7 Å². The number of piperazine rings is 1. The summed E-state index contributed by atoms with van der Waals surface area (Å²) in [5.74, 6) is -0.206. The SMILES string of the molecule is CN1CCN(C(=O)CCNC(=O)c2ccccc2Cl)C(c2ccccc2)C1. The summed E-state index contributed by atoms with van der Waals surface area (Å²) in [6, 6.07) is 17.0. The molecule has 2 amide bonds. The fraction of sp³-hybridized carbons (Fsp3) is 0.333.